The average Bonchev–Trinajstić information content (AvgIpc) is 2.18. The Bertz CT molecular complexity index is 80.1. The van der Waals surface area contributed by atoms with Gasteiger partial charge < -0.3 is 0 Å². The third-order valence-corrected chi connectivity index (χ3v) is 3.51. The first-order valence-corrected chi connectivity index (χ1v) is 3.95. The fraction of sp³-hybridized carbons (Fsp3) is 1.00. The molecule has 0 radical (unpaired) electrons. The molecule has 0 amide bonds. The van der Waals surface area contributed by atoms with Crippen molar-refractivity contribution in [2.24, 2.45) is 5.41 Å². The van der Waals surface area contributed by atoms with Crippen LogP contribution >= 0.6 is 27.5 Å². The van der Waals surface area contributed by atoms with E-state index in [9.17, 15) is 0 Å². The van der Waals surface area contributed by atoms with E-state index in [0.29, 0.717) is 10.8 Å². The van der Waals surface area contributed by atoms with Crippen LogP contribution in [0.4, 0.5) is 0 Å². The second kappa shape index (κ2) is 1.63. The number of halogens is 2. The molecule has 2 heteroatoms. The molecule has 0 aromatic heterocycles. The highest BCUT2D eigenvalue weighted by Gasteiger charge is 2.47. The van der Waals surface area contributed by atoms with Crippen LogP contribution in [0.1, 0.15) is 13.3 Å². The van der Waals surface area contributed by atoms with Gasteiger partial charge in [-0.15, -0.1) is 11.6 Å². The molecule has 1 fully saturated rings. The van der Waals surface area contributed by atoms with Crippen LogP contribution in [0.25, 0.3) is 0 Å². The molecule has 2 unspecified atom stereocenters. The molecule has 0 aromatic carbocycles. The van der Waals surface area contributed by atoms with Crippen LogP contribution in [-0.2, 0) is 0 Å². The molecular formula is C5H8BrCl. The van der Waals surface area contributed by atoms with Crippen LogP contribution in [0.15, 0.2) is 0 Å². The van der Waals surface area contributed by atoms with Crippen LogP contribution in [0.2, 0.25) is 0 Å². The third-order valence-electron chi connectivity index (χ3n) is 1.55. The monoisotopic (exact) mass is 182 g/mol. The van der Waals surface area contributed by atoms with Gasteiger partial charge in [-0.1, -0.05) is 22.9 Å². The van der Waals surface area contributed by atoms with E-state index in [1.165, 1.54) is 6.42 Å². The van der Waals surface area contributed by atoms with E-state index < -0.39 is 0 Å². The van der Waals surface area contributed by atoms with E-state index in [2.05, 4.69) is 22.9 Å². The Morgan fingerprint density at radius 3 is 2.43 bits per heavy atom. The molecular weight excluding hydrogens is 175 g/mol. The molecule has 0 N–H and O–H groups in total. The SMILES string of the molecule is CC1(CBr)CC1Cl. The molecule has 0 nitrogen and oxygen atoms in total. The summed E-state index contributed by atoms with van der Waals surface area (Å²) in [6.45, 7) is 2.19. The lowest BCUT2D eigenvalue weighted by Gasteiger charge is -1.97. The summed E-state index contributed by atoms with van der Waals surface area (Å²) < 4.78 is 0. The minimum atomic E-state index is 0.432. The van der Waals surface area contributed by atoms with Gasteiger partial charge in [-0.25, -0.2) is 0 Å². The van der Waals surface area contributed by atoms with E-state index in [4.69, 9.17) is 11.6 Å². The second-order valence-corrected chi connectivity index (χ2v) is 3.55. The summed E-state index contributed by atoms with van der Waals surface area (Å²) in [6.07, 6.45) is 1.18. The first-order chi connectivity index (χ1) is 3.19. The topological polar surface area (TPSA) is 0 Å². The Hall–Kier alpha value is 0.770. The molecule has 0 saturated heterocycles. The molecule has 2 atom stereocenters. The largest absolute Gasteiger partial charge is 0.122 e. The second-order valence-electron chi connectivity index (χ2n) is 2.46. The Morgan fingerprint density at radius 2 is 2.43 bits per heavy atom. The van der Waals surface area contributed by atoms with Crippen LogP contribution in [-0.4, -0.2) is 10.7 Å². The van der Waals surface area contributed by atoms with Gasteiger partial charge in [0.05, 0.1) is 0 Å². The van der Waals surface area contributed by atoms with Gasteiger partial charge >= 0.3 is 0 Å². The minimum absolute atomic E-state index is 0.432. The summed E-state index contributed by atoms with van der Waals surface area (Å²) in [4.78, 5) is 0. The number of hydrogen-bond acceptors (Lipinski definition) is 0. The molecule has 0 heterocycles. The molecule has 0 aromatic rings. The van der Waals surface area contributed by atoms with Gasteiger partial charge in [0.2, 0.25) is 0 Å². The number of rotatable bonds is 1. The van der Waals surface area contributed by atoms with Crippen LogP contribution in [0.3, 0.4) is 0 Å². The van der Waals surface area contributed by atoms with Crippen LogP contribution < -0.4 is 0 Å². The molecule has 1 aliphatic carbocycles. The van der Waals surface area contributed by atoms with Gasteiger partial charge in [-0.3, -0.25) is 0 Å². The summed E-state index contributed by atoms with van der Waals surface area (Å²) in [7, 11) is 0. The molecule has 1 aliphatic rings. The van der Waals surface area contributed by atoms with Crippen molar-refractivity contribution in [2.75, 3.05) is 5.33 Å². The summed E-state index contributed by atoms with van der Waals surface area (Å²) >= 11 is 9.15. The highest BCUT2D eigenvalue weighted by Crippen LogP contribution is 2.50. The van der Waals surface area contributed by atoms with E-state index in [1.807, 2.05) is 0 Å². The Labute approximate surface area is 57.4 Å². The lowest BCUT2D eigenvalue weighted by Crippen LogP contribution is -1.96. The predicted octanol–water partition coefficient (Wildman–Crippen LogP) is 2.40. The lowest BCUT2D eigenvalue weighted by atomic mass is 10.2. The highest BCUT2D eigenvalue weighted by atomic mass is 79.9. The van der Waals surface area contributed by atoms with Gasteiger partial charge in [-0.2, -0.15) is 0 Å². The molecule has 0 bridgehead atoms. The first kappa shape index (κ1) is 5.90. The Balaban J connectivity index is 2.36. The Morgan fingerprint density at radius 1 is 2.00 bits per heavy atom. The van der Waals surface area contributed by atoms with Gasteiger partial charge in [0.1, 0.15) is 0 Å². The fourth-order valence-corrected chi connectivity index (χ4v) is 1.72. The quantitative estimate of drug-likeness (QED) is 0.548. The first-order valence-electron chi connectivity index (χ1n) is 2.39. The maximum Gasteiger partial charge on any atom is 0.0404 e. The average molecular weight is 183 g/mol. The smallest absolute Gasteiger partial charge is 0.0404 e. The standard InChI is InChI=1S/C5H8BrCl/c1-5(3-6)2-4(5)7/h4H,2-3H2,1H3. The number of alkyl halides is 2. The van der Waals surface area contributed by atoms with Crippen molar-refractivity contribution >= 4 is 27.5 Å². The van der Waals surface area contributed by atoms with Gasteiger partial charge in [-0.05, 0) is 11.8 Å². The van der Waals surface area contributed by atoms with Crippen molar-refractivity contribution in [3.05, 3.63) is 0 Å². The predicted molar refractivity (Wildman–Crippen MR) is 36.2 cm³/mol. The van der Waals surface area contributed by atoms with Crippen molar-refractivity contribution in [3.63, 3.8) is 0 Å². The molecule has 1 rings (SSSR count). The van der Waals surface area contributed by atoms with Gasteiger partial charge in [0, 0.05) is 10.7 Å². The van der Waals surface area contributed by atoms with Crippen molar-refractivity contribution in [1.29, 1.82) is 0 Å². The minimum Gasteiger partial charge on any atom is -0.122 e. The van der Waals surface area contributed by atoms with E-state index in [-0.39, 0.29) is 0 Å². The summed E-state index contributed by atoms with van der Waals surface area (Å²) in [5, 5.41) is 1.49. The lowest BCUT2D eigenvalue weighted by molar-refractivity contribution is 0.674. The van der Waals surface area contributed by atoms with Crippen molar-refractivity contribution < 1.29 is 0 Å². The van der Waals surface area contributed by atoms with Crippen LogP contribution in [0.5, 0.6) is 0 Å². The van der Waals surface area contributed by atoms with Crippen LogP contribution in [0, 0.1) is 5.41 Å². The zero-order valence-electron chi connectivity index (χ0n) is 4.25. The zero-order valence-corrected chi connectivity index (χ0v) is 6.59. The van der Waals surface area contributed by atoms with E-state index in [1.54, 1.807) is 0 Å². The van der Waals surface area contributed by atoms with E-state index >= 15 is 0 Å². The molecule has 7 heavy (non-hydrogen) atoms. The summed E-state index contributed by atoms with van der Waals surface area (Å²) in [5.41, 5.74) is 0.432. The highest BCUT2D eigenvalue weighted by molar-refractivity contribution is 9.09. The maximum absolute atomic E-state index is 5.76. The summed E-state index contributed by atoms with van der Waals surface area (Å²) in [6, 6.07) is 0. The molecule has 42 valence electrons. The van der Waals surface area contributed by atoms with Gasteiger partial charge in [0.15, 0.2) is 0 Å². The van der Waals surface area contributed by atoms with Crippen molar-refractivity contribution in [3.8, 4) is 0 Å². The van der Waals surface area contributed by atoms with Crippen molar-refractivity contribution in [1.82, 2.24) is 0 Å². The number of hydrogen-bond donors (Lipinski definition) is 0. The molecule has 1 saturated carbocycles. The molecule has 0 aliphatic heterocycles. The third kappa shape index (κ3) is 0.945. The normalized spacial score (nSPS) is 49.3. The zero-order chi connectivity index (χ0) is 5.49. The maximum atomic E-state index is 5.76. The fourth-order valence-electron chi connectivity index (χ4n) is 0.489. The summed E-state index contributed by atoms with van der Waals surface area (Å²) in [5.74, 6) is 0. The van der Waals surface area contributed by atoms with Crippen molar-refractivity contribution in [2.45, 2.75) is 18.7 Å². The van der Waals surface area contributed by atoms with Gasteiger partial charge in [0.25, 0.3) is 0 Å². The molecule has 0 spiro atoms. The van der Waals surface area contributed by atoms with E-state index in [0.717, 1.165) is 5.33 Å². The Kier molecular flexibility index (Phi) is 1.37.